The van der Waals surface area contributed by atoms with Crippen LogP contribution in [0, 0.1) is 10.8 Å². The highest BCUT2D eigenvalue weighted by Gasteiger charge is 2.37. The highest BCUT2D eigenvalue weighted by atomic mass is 16.2. The normalized spacial score (nSPS) is 18.9. The molecule has 0 unspecified atom stereocenters. The van der Waals surface area contributed by atoms with Crippen LogP contribution in [-0.4, -0.2) is 71.6 Å². The molecule has 1 aliphatic heterocycles. The maximum atomic E-state index is 12.8. The van der Waals surface area contributed by atoms with E-state index < -0.39 is 41.4 Å². The number of amides is 3. The Balaban J connectivity index is 2.75. The molecular weight excluding hydrogens is 414 g/mol. The summed E-state index contributed by atoms with van der Waals surface area (Å²) >= 11 is 0. The zero-order valence-corrected chi connectivity index (χ0v) is 19.8. The number of carbonyl (C=O) groups excluding carboxylic acids is 4. The van der Waals surface area contributed by atoms with Gasteiger partial charge < -0.3 is 32.3 Å². The fourth-order valence-corrected chi connectivity index (χ4v) is 3.56. The Morgan fingerprint density at radius 3 is 2.31 bits per heavy atom. The van der Waals surface area contributed by atoms with Crippen LogP contribution in [0.5, 0.6) is 0 Å². The second-order valence-electron chi connectivity index (χ2n) is 9.37. The monoisotopic (exact) mass is 453 g/mol. The summed E-state index contributed by atoms with van der Waals surface area (Å²) in [5.74, 6) is -1.48. The first-order chi connectivity index (χ1) is 14.8. The van der Waals surface area contributed by atoms with Gasteiger partial charge >= 0.3 is 0 Å². The smallest absolute Gasteiger partial charge is 0.243 e. The van der Waals surface area contributed by atoms with Gasteiger partial charge in [0.25, 0.3) is 0 Å². The summed E-state index contributed by atoms with van der Waals surface area (Å²) < 4.78 is 0. The summed E-state index contributed by atoms with van der Waals surface area (Å²) in [4.78, 5) is 52.0. The summed E-state index contributed by atoms with van der Waals surface area (Å²) in [6.45, 7) is 9.29. The van der Waals surface area contributed by atoms with Gasteiger partial charge in [-0.1, -0.05) is 20.8 Å². The lowest BCUT2D eigenvalue weighted by Gasteiger charge is -2.28. The molecule has 1 fully saturated rings. The van der Waals surface area contributed by atoms with E-state index in [-0.39, 0.29) is 17.6 Å². The zero-order chi connectivity index (χ0) is 24.6. The average molecular weight is 454 g/mol. The Kier molecular flexibility index (Phi) is 10.1. The second-order valence-corrected chi connectivity index (χ2v) is 9.37. The molecule has 0 saturated carbocycles. The minimum atomic E-state index is -0.888. The maximum Gasteiger partial charge on any atom is 0.243 e. The molecule has 32 heavy (non-hydrogen) atoms. The molecule has 0 aromatic carbocycles. The first-order valence-electron chi connectivity index (χ1n) is 11.0. The number of nitrogens with one attached hydrogen (secondary N) is 4. The Bertz CT molecular complexity index is 717. The van der Waals surface area contributed by atoms with Gasteiger partial charge in [-0.25, -0.2) is 0 Å². The Hall–Kier alpha value is -2.69. The third-order valence-electron chi connectivity index (χ3n) is 5.34. The van der Waals surface area contributed by atoms with Crippen LogP contribution < -0.4 is 27.4 Å². The van der Waals surface area contributed by atoms with Gasteiger partial charge in [0.1, 0.15) is 12.1 Å². The van der Waals surface area contributed by atoms with Crippen LogP contribution >= 0.6 is 0 Å². The minimum absolute atomic E-state index is 0.128. The van der Waals surface area contributed by atoms with Gasteiger partial charge in [0.2, 0.25) is 17.7 Å². The number of guanidine groups is 1. The standard InChI is InChI=1S/C21H39N7O4/c1-12(22)19(32)28-11-7-9-15(28)18(31)26-13(2)17(30)27-14(16(29)21(3,4)5)8-6-10-25-20(23)24/h12-15H,6-11,22H2,1-5H3,(H,26,31)(H,27,30)(H4,23,24,25)/t12-,13-,14-,15-/m0/s1. The van der Waals surface area contributed by atoms with E-state index in [1.807, 2.05) is 0 Å². The predicted octanol–water partition coefficient (Wildman–Crippen LogP) is -0.807. The molecule has 1 aliphatic rings. The topological polar surface area (TPSA) is 184 Å². The molecule has 0 aromatic rings. The van der Waals surface area contributed by atoms with Crippen LogP contribution in [0.4, 0.5) is 0 Å². The molecule has 1 heterocycles. The maximum absolute atomic E-state index is 12.8. The van der Waals surface area contributed by atoms with E-state index in [1.165, 1.54) is 11.8 Å². The molecular formula is C21H39N7O4. The number of rotatable bonds is 10. The van der Waals surface area contributed by atoms with E-state index in [0.717, 1.165) is 0 Å². The van der Waals surface area contributed by atoms with E-state index in [9.17, 15) is 19.2 Å². The Morgan fingerprint density at radius 2 is 1.78 bits per heavy atom. The summed E-state index contributed by atoms with van der Waals surface area (Å²) in [5, 5.41) is 15.3. The molecule has 1 rings (SSSR count). The van der Waals surface area contributed by atoms with Gasteiger partial charge in [-0.2, -0.15) is 0 Å². The molecule has 8 N–H and O–H groups in total. The largest absolute Gasteiger partial charge is 0.370 e. The average Bonchev–Trinajstić information content (AvgIpc) is 3.17. The van der Waals surface area contributed by atoms with Crippen LogP contribution in [0.3, 0.4) is 0 Å². The molecule has 0 bridgehead atoms. The van der Waals surface area contributed by atoms with Crippen LogP contribution in [0.2, 0.25) is 0 Å². The van der Waals surface area contributed by atoms with E-state index in [4.69, 9.17) is 16.9 Å². The summed E-state index contributed by atoms with van der Waals surface area (Å²) in [5.41, 5.74) is 10.3. The number of nitrogens with two attached hydrogens (primary N) is 2. The number of Topliss-reactive ketones (excluding diaryl/α,β-unsaturated/α-hetero) is 1. The number of likely N-dealkylation sites (tertiary alicyclic amines) is 1. The van der Waals surface area contributed by atoms with Crippen molar-refractivity contribution in [2.45, 2.75) is 84.5 Å². The number of nitrogens with zero attached hydrogens (tertiary/aromatic N) is 1. The van der Waals surface area contributed by atoms with Crippen molar-refractivity contribution < 1.29 is 19.2 Å². The van der Waals surface area contributed by atoms with Crippen LogP contribution in [0.1, 0.15) is 60.3 Å². The lowest BCUT2D eigenvalue weighted by atomic mass is 9.84. The highest BCUT2D eigenvalue weighted by molar-refractivity contribution is 5.96. The van der Waals surface area contributed by atoms with Gasteiger partial charge in [0.05, 0.1) is 12.1 Å². The first kappa shape index (κ1) is 27.3. The predicted molar refractivity (Wildman–Crippen MR) is 122 cm³/mol. The molecule has 4 atom stereocenters. The van der Waals surface area contributed by atoms with E-state index in [1.54, 1.807) is 27.7 Å². The second kappa shape index (κ2) is 11.8. The van der Waals surface area contributed by atoms with Crippen LogP contribution in [0.25, 0.3) is 0 Å². The molecule has 0 aliphatic carbocycles. The van der Waals surface area contributed by atoms with Crippen molar-refractivity contribution in [1.82, 2.24) is 20.9 Å². The molecule has 1 saturated heterocycles. The Labute approximate surface area is 189 Å². The molecule has 0 spiro atoms. The molecule has 11 nitrogen and oxygen atoms in total. The van der Waals surface area contributed by atoms with Gasteiger partial charge in [-0.15, -0.1) is 0 Å². The van der Waals surface area contributed by atoms with Crippen LogP contribution in [0.15, 0.2) is 0 Å². The number of carbonyl (C=O) groups is 4. The summed E-state index contributed by atoms with van der Waals surface area (Å²) in [7, 11) is 0. The third-order valence-corrected chi connectivity index (χ3v) is 5.34. The van der Waals surface area contributed by atoms with Crippen molar-refractivity contribution in [3.8, 4) is 0 Å². The molecule has 3 amide bonds. The third kappa shape index (κ3) is 8.10. The van der Waals surface area contributed by atoms with E-state index in [0.29, 0.717) is 38.8 Å². The van der Waals surface area contributed by atoms with Crippen molar-refractivity contribution in [3.63, 3.8) is 0 Å². The van der Waals surface area contributed by atoms with Crippen LogP contribution in [-0.2, 0) is 19.2 Å². The zero-order valence-electron chi connectivity index (χ0n) is 19.8. The number of hydrogen-bond acceptors (Lipinski definition) is 6. The Morgan fingerprint density at radius 1 is 1.16 bits per heavy atom. The van der Waals surface area contributed by atoms with Crippen molar-refractivity contribution >= 4 is 29.5 Å². The fourth-order valence-electron chi connectivity index (χ4n) is 3.56. The lowest BCUT2D eigenvalue weighted by molar-refractivity contribution is -0.140. The van der Waals surface area contributed by atoms with Gasteiger partial charge in [0.15, 0.2) is 11.7 Å². The van der Waals surface area contributed by atoms with Gasteiger partial charge in [-0.05, 0) is 39.5 Å². The van der Waals surface area contributed by atoms with E-state index in [2.05, 4.69) is 16.0 Å². The van der Waals surface area contributed by atoms with Gasteiger partial charge in [0, 0.05) is 18.5 Å². The van der Waals surface area contributed by atoms with Crippen molar-refractivity contribution in [2.24, 2.45) is 16.9 Å². The van der Waals surface area contributed by atoms with Crippen molar-refractivity contribution in [3.05, 3.63) is 0 Å². The summed E-state index contributed by atoms with van der Waals surface area (Å²) in [6.07, 6.45) is 2.08. The van der Waals surface area contributed by atoms with Crippen molar-refractivity contribution in [1.29, 1.82) is 5.41 Å². The highest BCUT2D eigenvalue weighted by Crippen LogP contribution is 2.20. The van der Waals surface area contributed by atoms with E-state index >= 15 is 0 Å². The quantitative estimate of drug-likeness (QED) is 0.142. The fraction of sp³-hybridized carbons (Fsp3) is 0.762. The number of hydrogen-bond donors (Lipinski definition) is 6. The van der Waals surface area contributed by atoms with Gasteiger partial charge in [-0.3, -0.25) is 24.6 Å². The lowest BCUT2D eigenvalue weighted by Crippen LogP contribution is -2.56. The first-order valence-corrected chi connectivity index (χ1v) is 11.0. The minimum Gasteiger partial charge on any atom is -0.370 e. The summed E-state index contributed by atoms with van der Waals surface area (Å²) in [6, 6.07) is -2.99. The molecule has 182 valence electrons. The molecule has 0 aromatic heterocycles. The van der Waals surface area contributed by atoms with Crippen molar-refractivity contribution in [2.75, 3.05) is 13.1 Å². The number of ketones is 1. The molecule has 11 heteroatoms. The molecule has 0 radical (unpaired) electrons. The SMILES string of the molecule is C[C@H](N)C(=O)N1CCC[C@H]1C(=O)N[C@@H](C)C(=O)N[C@@H](CCCNC(=N)N)C(=O)C(C)(C)C.